The molecule has 0 fully saturated rings. The van der Waals surface area contributed by atoms with Crippen molar-refractivity contribution in [1.29, 1.82) is 0 Å². The third-order valence-electron chi connectivity index (χ3n) is 1.27. The van der Waals surface area contributed by atoms with Crippen molar-refractivity contribution in [2.75, 3.05) is 0 Å². The average molecular weight is 146 g/mol. The van der Waals surface area contributed by atoms with Crippen LogP contribution in [0.15, 0.2) is 24.3 Å². The number of hydrogen-bond acceptors (Lipinski definition) is 0. The zero-order valence-electron chi connectivity index (χ0n) is 4.85. The van der Waals surface area contributed by atoms with Gasteiger partial charge in [0.1, 0.15) is 0 Å². The Kier molecular flexibility index (Phi) is 1.62. The second-order valence-corrected chi connectivity index (χ2v) is 2.60. The molecule has 9 heavy (non-hydrogen) atoms. The highest BCUT2D eigenvalue weighted by molar-refractivity contribution is 6.24. The first-order chi connectivity index (χ1) is 4.13. The predicted molar refractivity (Wildman–Crippen MR) is 36.8 cm³/mol. The molecule has 1 rings (SSSR count). The predicted octanol–water partition coefficient (Wildman–Crippen LogP) is 2.47. The Bertz CT molecular complexity index is 158. The Morgan fingerprint density at radius 2 is 2.22 bits per heavy atom. The summed E-state index contributed by atoms with van der Waals surface area (Å²) < 4.78 is 12.8. The molecular formula is C7H7ClF. The molecular weight excluding hydrogens is 139 g/mol. The normalized spacial score (nSPS) is 41.4. The van der Waals surface area contributed by atoms with Crippen LogP contribution in [0.3, 0.4) is 0 Å². The van der Waals surface area contributed by atoms with Gasteiger partial charge in [-0.2, -0.15) is 0 Å². The fourth-order valence-corrected chi connectivity index (χ4v) is 0.779. The first-order valence-electron chi connectivity index (χ1n) is 2.70. The summed E-state index contributed by atoms with van der Waals surface area (Å²) in [6.45, 7) is 3.51. The van der Waals surface area contributed by atoms with Crippen LogP contribution >= 0.6 is 11.6 Å². The summed E-state index contributed by atoms with van der Waals surface area (Å²) in [5.41, 5.74) is 0. The second-order valence-electron chi connectivity index (χ2n) is 2.03. The van der Waals surface area contributed by atoms with Crippen LogP contribution in [-0.2, 0) is 0 Å². The molecule has 1 aliphatic rings. The highest BCUT2D eigenvalue weighted by Gasteiger charge is 2.29. The Morgan fingerprint density at radius 3 is 2.56 bits per heavy atom. The summed E-state index contributed by atoms with van der Waals surface area (Å²) in [6, 6.07) is 0. The second kappa shape index (κ2) is 2.14. The van der Waals surface area contributed by atoms with Crippen LogP contribution in [0.1, 0.15) is 0 Å². The van der Waals surface area contributed by atoms with Crippen molar-refractivity contribution in [3.05, 3.63) is 31.2 Å². The van der Waals surface area contributed by atoms with Crippen LogP contribution < -0.4 is 0 Å². The van der Waals surface area contributed by atoms with E-state index in [9.17, 15) is 4.39 Å². The lowest BCUT2D eigenvalue weighted by molar-refractivity contribution is 0.299. The van der Waals surface area contributed by atoms with Crippen LogP contribution in [0.2, 0.25) is 0 Å². The Morgan fingerprint density at radius 1 is 1.56 bits per heavy atom. The average Bonchev–Trinajstić information content (AvgIpc) is 1.77. The van der Waals surface area contributed by atoms with Crippen molar-refractivity contribution in [3.8, 4) is 0 Å². The largest absolute Gasteiger partial charge is 0.221 e. The van der Waals surface area contributed by atoms with Gasteiger partial charge < -0.3 is 0 Å². The molecule has 0 saturated heterocycles. The van der Waals surface area contributed by atoms with Gasteiger partial charge >= 0.3 is 0 Å². The van der Waals surface area contributed by atoms with Crippen molar-refractivity contribution in [3.63, 3.8) is 0 Å². The molecule has 0 spiro atoms. The molecule has 0 aromatic heterocycles. The maximum Gasteiger partial charge on any atom is 0.208 e. The van der Waals surface area contributed by atoms with Crippen LogP contribution in [0.5, 0.6) is 0 Å². The van der Waals surface area contributed by atoms with Crippen molar-refractivity contribution in [1.82, 2.24) is 0 Å². The van der Waals surface area contributed by atoms with Gasteiger partial charge in [0.25, 0.3) is 0 Å². The number of allylic oxidation sites excluding steroid dienone is 4. The monoisotopic (exact) mass is 145 g/mol. The Balaban J connectivity index is 2.78. The van der Waals surface area contributed by atoms with Gasteiger partial charge in [-0.05, 0) is 13.0 Å². The topological polar surface area (TPSA) is 0 Å². The van der Waals surface area contributed by atoms with Gasteiger partial charge in [-0.25, -0.2) is 4.39 Å². The summed E-state index contributed by atoms with van der Waals surface area (Å²) in [4.78, 5) is 0. The molecule has 1 radical (unpaired) electrons. The minimum atomic E-state index is -1.77. The lowest BCUT2D eigenvalue weighted by atomic mass is 10.0. The van der Waals surface area contributed by atoms with Crippen molar-refractivity contribution in [2.45, 2.75) is 5.13 Å². The molecule has 0 nitrogen and oxygen atoms in total. The molecule has 0 aromatic rings. The van der Waals surface area contributed by atoms with Gasteiger partial charge in [-0.15, -0.1) is 0 Å². The highest BCUT2D eigenvalue weighted by atomic mass is 35.5. The molecule has 1 aliphatic carbocycles. The first kappa shape index (κ1) is 6.81. The van der Waals surface area contributed by atoms with Gasteiger partial charge in [0.05, 0.1) is 0 Å². The summed E-state index contributed by atoms with van der Waals surface area (Å²) in [5, 5.41) is -1.77. The minimum absolute atomic E-state index is 0.468. The minimum Gasteiger partial charge on any atom is -0.221 e. The number of halogens is 2. The molecule has 0 N–H and O–H groups in total. The number of hydrogen-bond donors (Lipinski definition) is 0. The van der Waals surface area contributed by atoms with E-state index in [0.717, 1.165) is 0 Å². The lowest BCUT2D eigenvalue weighted by Crippen LogP contribution is -2.21. The zero-order chi connectivity index (χ0) is 6.91. The molecule has 2 heteroatoms. The molecule has 0 bridgehead atoms. The zero-order valence-corrected chi connectivity index (χ0v) is 5.61. The van der Waals surface area contributed by atoms with Gasteiger partial charge in [0.2, 0.25) is 5.13 Å². The van der Waals surface area contributed by atoms with Crippen LogP contribution in [-0.4, -0.2) is 5.13 Å². The van der Waals surface area contributed by atoms with E-state index in [2.05, 4.69) is 6.92 Å². The van der Waals surface area contributed by atoms with Crippen molar-refractivity contribution >= 4 is 11.6 Å². The van der Waals surface area contributed by atoms with Gasteiger partial charge in [0.15, 0.2) is 0 Å². The fourth-order valence-electron chi connectivity index (χ4n) is 0.634. The van der Waals surface area contributed by atoms with Crippen LogP contribution in [0.25, 0.3) is 0 Å². The molecule has 0 heterocycles. The maximum atomic E-state index is 12.8. The van der Waals surface area contributed by atoms with E-state index in [0.29, 0.717) is 0 Å². The van der Waals surface area contributed by atoms with Gasteiger partial charge in [0, 0.05) is 5.92 Å². The third kappa shape index (κ3) is 1.33. The van der Waals surface area contributed by atoms with Gasteiger partial charge in [-0.1, -0.05) is 29.8 Å². The Labute approximate surface area is 59.0 Å². The number of alkyl halides is 2. The fraction of sp³-hybridized carbons (Fsp3) is 0.286. The van der Waals surface area contributed by atoms with E-state index in [1.807, 2.05) is 0 Å². The van der Waals surface area contributed by atoms with Crippen LogP contribution in [0, 0.1) is 12.8 Å². The summed E-state index contributed by atoms with van der Waals surface area (Å²) in [6.07, 6.45) is 6.24. The van der Waals surface area contributed by atoms with E-state index < -0.39 is 11.0 Å². The smallest absolute Gasteiger partial charge is 0.208 e. The standard InChI is InChI=1S/C7H7ClF/c1-6-4-2-3-5-7(6,8)9/h2-6H,1H2. The molecule has 0 aromatic carbocycles. The van der Waals surface area contributed by atoms with Crippen molar-refractivity contribution < 1.29 is 4.39 Å². The SMILES string of the molecule is [CH2]C1C=CC=CC1(F)Cl. The van der Waals surface area contributed by atoms with Gasteiger partial charge in [-0.3, -0.25) is 0 Å². The molecule has 0 saturated carbocycles. The highest BCUT2D eigenvalue weighted by Crippen LogP contribution is 2.31. The molecule has 49 valence electrons. The number of rotatable bonds is 0. The first-order valence-corrected chi connectivity index (χ1v) is 3.07. The maximum absolute atomic E-state index is 12.8. The van der Waals surface area contributed by atoms with Crippen molar-refractivity contribution in [2.24, 2.45) is 5.92 Å². The summed E-state index contributed by atoms with van der Waals surface area (Å²) in [7, 11) is 0. The molecule has 2 atom stereocenters. The molecule has 0 amide bonds. The third-order valence-corrected chi connectivity index (χ3v) is 1.67. The lowest BCUT2D eigenvalue weighted by Gasteiger charge is -2.20. The van der Waals surface area contributed by atoms with E-state index in [1.54, 1.807) is 18.2 Å². The summed E-state index contributed by atoms with van der Waals surface area (Å²) in [5.74, 6) is -0.468. The van der Waals surface area contributed by atoms with Crippen LogP contribution in [0.4, 0.5) is 4.39 Å². The van der Waals surface area contributed by atoms with E-state index >= 15 is 0 Å². The Hall–Kier alpha value is -0.300. The quantitative estimate of drug-likeness (QED) is 0.460. The van der Waals surface area contributed by atoms with E-state index in [1.165, 1.54) is 6.08 Å². The molecule has 0 aliphatic heterocycles. The molecule has 2 unspecified atom stereocenters. The van der Waals surface area contributed by atoms with E-state index in [-0.39, 0.29) is 0 Å². The van der Waals surface area contributed by atoms with E-state index in [4.69, 9.17) is 11.6 Å². The summed E-state index contributed by atoms with van der Waals surface area (Å²) >= 11 is 5.36.